The molecule has 0 radical (unpaired) electrons. The number of carbonyl (C=O) groups is 2. The van der Waals surface area contributed by atoms with Crippen LogP contribution in [0.25, 0.3) is 0 Å². The Morgan fingerprint density at radius 2 is 2.23 bits per heavy atom. The van der Waals surface area contributed by atoms with Crippen LogP contribution in [0.3, 0.4) is 0 Å². The van der Waals surface area contributed by atoms with E-state index in [1.165, 1.54) is 17.6 Å². The van der Waals surface area contributed by atoms with Gasteiger partial charge in [0.2, 0.25) is 5.91 Å². The number of halogens is 2. The van der Waals surface area contributed by atoms with Crippen LogP contribution in [0.2, 0.25) is 0 Å². The first kappa shape index (κ1) is 22.4. The second-order valence-corrected chi connectivity index (χ2v) is 6.62. The van der Waals surface area contributed by atoms with Gasteiger partial charge in [0.1, 0.15) is 5.76 Å². The van der Waals surface area contributed by atoms with Gasteiger partial charge in [-0.1, -0.05) is 0 Å². The van der Waals surface area contributed by atoms with Crippen LogP contribution in [0.15, 0.2) is 22.1 Å². The van der Waals surface area contributed by atoms with E-state index < -0.39 is 0 Å². The molecule has 0 bridgehead atoms. The van der Waals surface area contributed by atoms with E-state index in [9.17, 15) is 9.59 Å². The predicted molar refractivity (Wildman–Crippen MR) is 106 cm³/mol. The number of carbonyl (C=O) groups excluding carboxylic acids is 2. The van der Waals surface area contributed by atoms with Crippen LogP contribution >= 0.6 is 36.2 Å². The fraction of sp³-hybridized carbons (Fsp3) is 0.438. The molecule has 10 heteroatoms. The molecule has 0 aliphatic carbocycles. The van der Waals surface area contributed by atoms with Gasteiger partial charge in [-0.25, -0.2) is 4.98 Å². The molecule has 26 heavy (non-hydrogen) atoms. The van der Waals surface area contributed by atoms with Gasteiger partial charge in [-0.05, 0) is 32.4 Å². The van der Waals surface area contributed by atoms with Crippen molar-refractivity contribution in [3.8, 4) is 0 Å². The van der Waals surface area contributed by atoms with Crippen LogP contribution in [-0.4, -0.2) is 35.9 Å². The third-order valence-electron chi connectivity index (χ3n) is 3.93. The number of amides is 2. The SMILES string of the molecule is Cc1occc1C(=O)Nc1nc(CC(=O)NCC2CCCN2)cs1.Cl.Cl. The topological polar surface area (TPSA) is 96.3 Å². The third-order valence-corrected chi connectivity index (χ3v) is 4.73. The largest absolute Gasteiger partial charge is 0.469 e. The maximum absolute atomic E-state index is 12.1. The number of hydrogen-bond donors (Lipinski definition) is 3. The number of nitrogens with zero attached hydrogens (tertiary/aromatic N) is 1. The normalized spacial score (nSPS) is 15.7. The Balaban J connectivity index is 0.00000169. The minimum absolute atomic E-state index is 0. The summed E-state index contributed by atoms with van der Waals surface area (Å²) in [4.78, 5) is 28.3. The lowest BCUT2D eigenvalue weighted by Crippen LogP contribution is -2.37. The first-order valence-electron chi connectivity index (χ1n) is 7.92. The van der Waals surface area contributed by atoms with Crippen LogP contribution in [0.4, 0.5) is 5.13 Å². The second-order valence-electron chi connectivity index (χ2n) is 5.76. The number of aromatic nitrogens is 1. The Hall–Kier alpha value is -1.61. The highest BCUT2D eigenvalue weighted by molar-refractivity contribution is 7.14. The lowest BCUT2D eigenvalue weighted by molar-refractivity contribution is -0.120. The summed E-state index contributed by atoms with van der Waals surface area (Å²) in [6.07, 6.45) is 3.94. The van der Waals surface area contributed by atoms with E-state index in [0.29, 0.717) is 34.7 Å². The highest BCUT2D eigenvalue weighted by Gasteiger charge is 2.16. The van der Waals surface area contributed by atoms with Gasteiger partial charge in [-0.3, -0.25) is 14.9 Å². The molecule has 144 valence electrons. The molecule has 0 spiro atoms. The van der Waals surface area contributed by atoms with Gasteiger partial charge in [-0.15, -0.1) is 36.2 Å². The maximum atomic E-state index is 12.1. The van der Waals surface area contributed by atoms with Crippen molar-refractivity contribution in [3.05, 3.63) is 34.7 Å². The van der Waals surface area contributed by atoms with Crippen molar-refractivity contribution in [1.82, 2.24) is 15.6 Å². The van der Waals surface area contributed by atoms with Crippen molar-refractivity contribution in [2.45, 2.75) is 32.2 Å². The van der Waals surface area contributed by atoms with Gasteiger partial charge in [0.15, 0.2) is 5.13 Å². The van der Waals surface area contributed by atoms with Crippen LogP contribution in [0.5, 0.6) is 0 Å². The number of rotatable bonds is 6. The fourth-order valence-electron chi connectivity index (χ4n) is 2.63. The van der Waals surface area contributed by atoms with Gasteiger partial charge in [0.25, 0.3) is 5.91 Å². The summed E-state index contributed by atoms with van der Waals surface area (Å²) in [5, 5.41) is 11.2. The molecule has 3 heterocycles. The Morgan fingerprint density at radius 3 is 2.88 bits per heavy atom. The van der Waals surface area contributed by atoms with Crippen LogP contribution < -0.4 is 16.0 Å². The van der Waals surface area contributed by atoms with Crippen LogP contribution in [0, 0.1) is 6.92 Å². The monoisotopic (exact) mass is 420 g/mol. The first-order chi connectivity index (χ1) is 11.6. The van der Waals surface area contributed by atoms with Gasteiger partial charge in [0, 0.05) is 18.0 Å². The van der Waals surface area contributed by atoms with E-state index in [2.05, 4.69) is 20.9 Å². The summed E-state index contributed by atoms with van der Waals surface area (Å²) in [5.41, 5.74) is 1.13. The maximum Gasteiger partial charge on any atom is 0.260 e. The lowest BCUT2D eigenvalue weighted by Gasteiger charge is -2.10. The molecule has 1 aliphatic heterocycles. The molecule has 1 unspecified atom stereocenters. The zero-order valence-corrected chi connectivity index (χ0v) is 16.7. The number of hydrogen-bond acceptors (Lipinski definition) is 6. The summed E-state index contributed by atoms with van der Waals surface area (Å²) in [7, 11) is 0. The standard InChI is InChI=1S/C16H20N4O3S.2ClH/c1-10-13(4-6-23-10)15(22)20-16-19-12(9-24-16)7-14(21)18-8-11-3-2-5-17-11;;/h4,6,9,11,17H,2-3,5,7-8H2,1H3,(H,18,21)(H,19,20,22);2*1H. The second kappa shape index (κ2) is 10.5. The average Bonchev–Trinajstić information content (AvgIpc) is 3.27. The van der Waals surface area contributed by atoms with E-state index in [1.807, 2.05) is 0 Å². The Kier molecular flexibility index (Phi) is 9.07. The molecule has 2 aromatic heterocycles. The summed E-state index contributed by atoms with van der Waals surface area (Å²) in [6.45, 7) is 3.39. The molecular weight excluding hydrogens is 399 g/mol. The average molecular weight is 421 g/mol. The van der Waals surface area contributed by atoms with Crippen LogP contribution in [-0.2, 0) is 11.2 Å². The number of aryl methyl sites for hydroxylation is 1. The fourth-order valence-corrected chi connectivity index (χ4v) is 3.33. The predicted octanol–water partition coefficient (Wildman–Crippen LogP) is 2.55. The van der Waals surface area contributed by atoms with E-state index in [1.54, 1.807) is 18.4 Å². The zero-order valence-electron chi connectivity index (χ0n) is 14.2. The van der Waals surface area contributed by atoms with E-state index in [4.69, 9.17) is 4.42 Å². The van der Waals surface area contributed by atoms with Crippen molar-refractivity contribution >= 4 is 53.1 Å². The number of thiazole rings is 1. The van der Waals surface area contributed by atoms with Crippen molar-refractivity contribution < 1.29 is 14.0 Å². The number of nitrogens with one attached hydrogen (secondary N) is 3. The van der Waals surface area contributed by atoms with Gasteiger partial charge < -0.3 is 15.1 Å². The summed E-state index contributed by atoms with van der Waals surface area (Å²) >= 11 is 1.30. The molecule has 7 nitrogen and oxygen atoms in total. The Bertz CT molecular complexity index is 729. The number of anilines is 1. The minimum Gasteiger partial charge on any atom is -0.469 e. The Morgan fingerprint density at radius 1 is 1.42 bits per heavy atom. The molecule has 1 aliphatic rings. The summed E-state index contributed by atoms with van der Waals surface area (Å²) in [6, 6.07) is 1.99. The molecule has 1 saturated heterocycles. The zero-order chi connectivity index (χ0) is 16.9. The molecule has 1 fully saturated rings. The van der Waals surface area contributed by atoms with Gasteiger partial charge >= 0.3 is 0 Å². The Labute approximate surface area is 168 Å². The molecule has 3 rings (SSSR count). The highest BCUT2D eigenvalue weighted by atomic mass is 35.5. The smallest absolute Gasteiger partial charge is 0.260 e. The molecule has 2 aromatic rings. The van der Waals surface area contributed by atoms with E-state index in [-0.39, 0.29) is 43.0 Å². The van der Waals surface area contributed by atoms with Crippen molar-refractivity contribution in [2.75, 3.05) is 18.4 Å². The molecule has 0 aromatic carbocycles. The van der Waals surface area contributed by atoms with E-state index >= 15 is 0 Å². The van der Waals surface area contributed by atoms with Gasteiger partial charge in [-0.2, -0.15) is 0 Å². The third kappa shape index (κ3) is 5.98. The van der Waals surface area contributed by atoms with Crippen molar-refractivity contribution in [1.29, 1.82) is 0 Å². The van der Waals surface area contributed by atoms with Gasteiger partial charge in [0.05, 0.1) is 23.9 Å². The molecule has 1 atom stereocenters. The number of furan rings is 1. The summed E-state index contributed by atoms with van der Waals surface area (Å²) < 4.78 is 5.11. The summed E-state index contributed by atoms with van der Waals surface area (Å²) in [5.74, 6) is 0.237. The molecule has 2 amide bonds. The van der Waals surface area contributed by atoms with E-state index in [0.717, 1.165) is 19.4 Å². The minimum atomic E-state index is -0.265. The molecule has 0 saturated carbocycles. The molecule has 3 N–H and O–H groups in total. The first-order valence-corrected chi connectivity index (χ1v) is 8.79. The van der Waals surface area contributed by atoms with Crippen LogP contribution in [0.1, 0.15) is 34.7 Å². The lowest BCUT2D eigenvalue weighted by atomic mass is 10.2. The quantitative estimate of drug-likeness (QED) is 0.666. The molecular formula is C16H22Cl2N4O3S. The van der Waals surface area contributed by atoms with Crippen molar-refractivity contribution in [2.24, 2.45) is 0 Å². The van der Waals surface area contributed by atoms with Crippen molar-refractivity contribution in [3.63, 3.8) is 0 Å². The highest BCUT2D eigenvalue weighted by Crippen LogP contribution is 2.18.